The average molecular weight is 332 g/mol. The maximum absolute atomic E-state index is 12.1. The summed E-state index contributed by atoms with van der Waals surface area (Å²) >= 11 is 5.76. The molecule has 0 spiro atoms. The van der Waals surface area contributed by atoms with Crippen molar-refractivity contribution in [2.75, 3.05) is 13.1 Å². The second-order valence-electron chi connectivity index (χ2n) is 5.38. The smallest absolute Gasteiger partial charge is 0.242 e. The van der Waals surface area contributed by atoms with Crippen molar-refractivity contribution in [3.63, 3.8) is 0 Å². The van der Waals surface area contributed by atoms with Crippen LogP contribution in [0.2, 0.25) is 5.02 Å². The molecule has 2 rings (SSSR count). The molecule has 1 aliphatic rings. The molecule has 1 aromatic rings. The first-order chi connectivity index (χ1) is 10.1. The molecule has 1 saturated carbocycles. The van der Waals surface area contributed by atoms with Gasteiger partial charge < -0.3 is 5.32 Å². The quantitative estimate of drug-likeness (QED) is 0.620. The van der Waals surface area contributed by atoms with Gasteiger partial charge >= 0.3 is 0 Å². The first kappa shape index (κ1) is 16.7. The molecule has 118 valence electrons. The number of hydrogen-bond acceptors (Lipinski definition) is 4. The predicted molar refractivity (Wildman–Crippen MR) is 83.9 cm³/mol. The van der Waals surface area contributed by atoms with Crippen LogP contribution in [0, 0.1) is 0 Å². The molecule has 1 aromatic heterocycles. The zero-order valence-corrected chi connectivity index (χ0v) is 13.6. The fourth-order valence-corrected chi connectivity index (χ4v) is 3.83. The maximum Gasteiger partial charge on any atom is 0.242 e. The largest absolute Gasteiger partial charge is 0.313 e. The van der Waals surface area contributed by atoms with Gasteiger partial charge in [0.05, 0.1) is 5.02 Å². The van der Waals surface area contributed by atoms with Crippen molar-refractivity contribution in [3.8, 4) is 0 Å². The highest BCUT2D eigenvalue weighted by atomic mass is 35.5. The van der Waals surface area contributed by atoms with Crippen molar-refractivity contribution in [2.45, 2.75) is 49.5 Å². The van der Waals surface area contributed by atoms with Crippen LogP contribution in [-0.2, 0) is 10.0 Å². The SMILES string of the molecule is O=S(=O)(NCCNC1CCCCCC1)c1cncc(Cl)c1. The monoisotopic (exact) mass is 331 g/mol. The lowest BCUT2D eigenvalue weighted by Crippen LogP contribution is -2.36. The van der Waals surface area contributed by atoms with E-state index in [-0.39, 0.29) is 4.90 Å². The highest BCUT2D eigenvalue weighted by Crippen LogP contribution is 2.17. The van der Waals surface area contributed by atoms with Gasteiger partial charge in [-0.05, 0) is 18.9 Å². The van der Waals surface area contributed by atoms with E-state index in [0.29, 0.717) is 24.2 Å². The molecule has 0 saturated heterocycles. The summed E-state index contributed by atoms with van der Waals surface area (Å²) in [6, 6.07) is 1.92. The van der Waals surface area contributed by atoms with Gasteiger partial charge in [-0.3, -0.25) is 4.98 Å². The fraction of sp³-hybridized carbons (Fsp3) is 0.643. The second kappa shape index (κ2) is 8.08. The zero-order valence-electron chi connectivity index (χ0n) is 12.0. The van der Waals surface area contributed by atoms with E-state index in [1.54, 1.807) is 0 Å². The fourth-order valence-electron chi connectivity index (χ4n) is 2.57. The first-order valence-corrected chi connectivity index (χ1v) is 9.28. The molecule has 0 atom stereocenters. The summed E-state index contributed by atoms with van der Waals surface area (Å²) < 4.78 is 26.7. The van der Waals surface area contributed by atoms with Crippen LogP contribution in [0.1, 0.15) is 38.5 Å². The Morgan fingerprint density at radius 2 is 1.86 bits per heavy atom. The van der Waals surface area contributed by atoms with E-state index >= 15 is 0 Å². The van der Waals surface area contributed by atoms with Gasteiger partial charge in [0.2, 0.25) is 10.0 Å². The van der Waals surface area contributed by atoms with Crippen LogP contribution in [-0.4, -0.2) is 32.5 Å². The third-order valence-electron chi connectivity index (χ3n) is 3.70. The van der Waals surface area contributed by atoms with Gasteiger partial charge in [-0.1, -0.05) is 37.3 Å². The van der Waals surface area contributed by atoms with Crippen LogP contribution in [0.3, 0.4) is 0 Å². The van der Waals surface area contributed by atoms with Crippen molar-refractivity contribution in [1.29, 1.82) is 0 Å². The minimum absolute atomic E-state index is 0.101. The molecule has 0 unspecified atom stereocenters. The summed E-state index contributed by atoms with van der Waals surface area (Å²) in [7, 11) is -3.53. The Balaban J connectivity index is 1.77. The Kier molecular flexibility index (Phi) is 6.41. The summed E-state index contributed by atoms with van der Waals surface area (Å²) in [5.74, 6) is 0. The van der Waals surface area contributed by atoms with Crippen LogP contribution in [0.5, 0.6) is 0 Å². The molecule has 1 heterocycles. The van der Waals surface area contributed by atoms with Crippen molar-refractivity contribution in [1.82, 2.24) is 15.0 Å². The van der Waals surface area contributed by atoms with E-state index in [4.69, 9.17) is 11.6 Å². The molecule has 5 nitrogen and oxygen atoms in total. The van der Waals surface area contributed by atoms with E-state index in [2.05, 4.69) is 15.0 Å². The number of aromatic nitrogens is 1. The van der Waals surface area contributed by atoms with E-state index in [9.17, 15) is 8.42 Å². The second-order valence-corrected chi connectivity index (χ2v) is 7.58. The Morgan fingerprint density at radius 1 is 1.14 bits per heavy atom. The van der Waals surface area contributed by atoms with Gasteiger partial charge in [0, 0.05) is 31.5 Å². The summed E-state index contributed by atoms with van der Waals surface area (Å²) in [5.41, 5.74) is 0. The van der Waals surface area contributed by atoms with Gasteiger partial charge in [-0.25, -0.2) is 13.1 Å². The molecule has 0 amide bonds. The standard InChI is InChI=1S/C14H22ClN3O2S/c15-12-9-14(11-16-10-12)21(19,20)18-8-7-17-13-5-3-1-2-4-6-13/h9-11,13,17-18H,1-8H2. The van der Waals surface area contributed by atoms with Crippen molar-refractivity contribution in [2.24, 2.45) is 0 Å². The number of pyridine rings is 1. The van der Waals surface area contributed by atoms with E-state index < -0.39 is 10.0 Å². The number of nitrogens with one attached hydrogen (secondary N) is 2. The average Bonchev–Trinajstić information content (AvgIpc) is 2.72. The van der Waals surface area contributed by atoms with Crippen LogP contribution >= 0.6 is 11.6 Å². The molecule has 0 aromatic carbocycles. The van der Waals surface area contributed by atoms with Crippen molar-refractivity contribution >= 4 is 21.6 Å². The molecule has 2 N–H and O–H groups in total. The lowest BCUT2D eigenvalue weighted by Gasteiger charge is -2.16. The molecule has 1 aliphatic carbocycles. The molecule has 1 fully saturated rings. The number of sulfonamides is 1. The predicted octanol–water partition coefficient (Wildman–Crippen LogP) is 2.33. The normalized spacial score (nSPS) is 17.6. The molecular weight excluding hydrogens is 310 g/mol. The van der Waals surface area contributed by atoms with Crippen LogP contribution in [0.4, 0.5) is 0 Å². The van der Waals surface area contributed by atoms with Crippen LogP contribution in [0.25, 0.3) is 0 Å². The van der Waals surface area contributed by atoms with Crippen LogP contribution < -0.4 is 10.0 Å². The highest BCUT2D eigenvalue weighted by molar-refractivity contribution is 7.89. The number of halogens is 1. The lowest BCUT2D eigenvalue weighted by molar-refractivity contribution is 0.461. The molecule has 0 radical (unpaired) electrons. The third-order valence-corrected chi connectivity index (χ3v) is 5.33. The zero-order chi connectivity index (χ0) is 15.1. The summed E-state index contributed by atoms with van der Waals surface area (Å²) in [6.07, 6.45) is 10.2. The van der Waals surface area contributed by atoms with Crippen molar-refractivity contribution < 1.29 is 8.42 Å². The van der Waals surface area contributed by atoms with E-state index in [1.807, 2.05) is 0 Å². The molecule has 0 aliphatic heterocycles. The summed E-state index contributed by atoms with van der Waals surface area (Å²) in [6.45, 7) is 1.00. The minimum atomic E-state index is -3.53. The minimum Gasteiger partial charge on any atom is -0.313 e. The lowest BCUT2D eigenvalue weighted by atomic mass is 10.1. The molecule has 21 heavy (non-hydrogen) atoms. The molecule has 7 heteroatoms. The van der Waals surface area contributed by atoms with E-state index in [0.717, 1.165) is 0 Å². The molecule has 0 bridgehead atoms. The van der Waals surface area contributed by atoms with Crippen molar-refractivity contribution in [3.05, 3.63) is 23.5 Å². The van der Waals surface area contributed by atoms with Crippen LogP contribution in [0.15, 0.2) is 23.4 Å². The topological polar surface area (TPSA) is 71.1 Å². The number of nitrogens with zero attached hydrogens (tertiary/aromatic N) is 1. The number of hydrogen-bond donors (Lipinski definition) is 2. The summed E-state index contributed by atoms with van der Waals surface area (Å²) in [5, 5.41) is 3.74. The Morgan fingerprint density at radius 3 is 2.52 bits per heavy atom. The highest BCUT2D eigenvalue weighted by Gasteiger charge is 2.15. The number of rotatable bonds is 6. The van der Waals surface area contributed by atoms with Gasteiger partial charge in [0.25, 0.3) is 0 Å². The van der Waals surface area contributed by atoms with Gasteiger partial charge in [-0.15, -0.1) is 0 Å². The van der Waals surface area contributed by atoms with Gasteiger partial charge in [0.15, 0.2) is 0 Å². The molecular formula is C14H22ClN3O2S. The Bertz CT molecular complexity index is 543. The van der Waals surface area contributed by atoms with Gasteiger partial charge in [-0.2, -0.15) is 0 Å². The first-order valence-electron chi connectivity index (χ1n) is 7.41. The summed E-state index contributed by atoms with van der Waals surface area (Å²) in [4.78, 5) is 3.90. The third kappa shape index (κ3) is 5.54. The Hall–Kier alpha value is -0.690. The van der Waals surface area contributed by atoms with Gasteiger partial charge in [0.1, 0.15) is 4.90 Å². The Labute approximate surface area is 131 Å². The van der Waals surface area contributed by atoms with E-state index in [1.165, 1.54) is 57.0 Å². The maximum atomic E-state index is 12.1.